The van der Waals surface area contributed by atoms with Crippen LogP contribution in [0.5, 0.6) is 11.5 Å². The fourth-order valence-electron chi connectivity index (χ4n) is 2.69. The van der Waals surface area contributed by atoms with Gasteiger partial charge in [-0.3, -0.25) is 0 Å². The van der Waals surface area contributed by atoms with Gasteiger partial charge in [0.15, 0.2) is 0 Å². The molecule has 0 fully saturated rings. The average Bonchev–Trinajstić information content (AvgIpc) is 2.89. The van der Waals surface area contributed by atoms with E-state index in [2.05, 4.69) is 13.8 Å². The zero-order chi connectivity index (χ0) is 25.4. The molecule has 0 aliphatic carbocycles. The molecule has 0 saturated heterocycles. The summed E-state index contributed by atoms with van der Waals surface area (Å²) in [6, 6.07) is 15.9. The fraction of sp³-hybridized carbons (Fsp3) is 0.571. The molecular weight excluding hydrogens is 448 g/mol. The van der Waals surface area contributed by atoms with Crippen LogP contribution < -0.4 is 9.47 Å². The van der Waals surface area contributed by atoms with E-state index in [9.17, 15) is 0 Å². The fourth-order valence-corrected chi connectivity index (χ4v) is 2.69. The number of hydrogen-bond acceptors (Lipinski definition) is 7. The summed E-state index contributed by atoms with van der Waals surface area (Å²) < 4.78 is 38.6. The van der Waals surface area contributed by atoms with Crippen LogP contribution in [-0.2, 0) is 23.7 Å². The van der Waals surface area contributed by atoms with Crippen molar-refractivity contribution in [3.8, 4) is 11.5 Å². The smallest absolute Gasteiger partial charge is 0.119 e. The first-order valence-corrected chi connectivity index (χ1v) is 12.5. The van der Waals surface area contributed by atoms with Crippen molar-refractivity contribution in [1.29, 1.82) is 0 Å². The highest BCUT2D eigenvalue weighted by Gasteiger charge is 1.96. The maximum Gasteiger partial charge on any atom is 0.119 e. The van der Waals surface area contributed by atoms with Gasteiger partial charge in [-0.15, -0.1) is 0 Å². The molecule has 0 aliphatic rings. The molecule has 0 aromatic heterocycles. The van der Waals surface area contributed by atoms with Crippen molar-refractivity contribution in [2.45, 2.75) is 27.7 Å². The summed E-state index contributed by atoms with van der Waals surface area (Å²) >= 11 is 0. The molecule has 0 spiro atoms. The molecule has 2 aromatic rings. The highest BCUT2D eigenvalue weighted by Crippen LogP contribution is 2.11. The Morgan fingerprint density at radius 2 is 0.600 bits per heavy atom. The standard InChI is InChI=1S/C26H38O7.C2H6/c1-23-3-7-25(8-4-23)32-21-19-30-17-15-28-13-11-27-12-14-29-16-18-31-20-22-33-26-9-5-24(2)6-10-26;1-2/h3-10H,11-22H2,1-2H3;1-2H3. The Bertz CT molecular complexity index is 643. The van der Waals surface area contributed by atoms with Crippen LogP contribution in [0.1, 0.15) is 25.0 Å². The molecule has 0 amide bonds. The van der Waals surface area contributed by atoms with Gasteiger partial charge < -0.3 is 33.2 Å². The van der Waals surface area contributed by atoms with Gasteiger partial charge in [0.25, 0.3) is 0 Å². The molecule has 7 nitrogen and oxygen atoms in total. The highest BCUT2D eigenvalue weighted by molar-refractivity contribution is 5.26. The highest BCUT2D eigenvalue weighted by atomic mass is 16.6. The summed E-state index contributed by atoms with van der Waals surface area (Å²) in [4.78, 5) is 0. The molecule has 198 valence electrons. The lowest BCUT2D eigenvalue weighted by Gasteiger charge is -2.09. The molecular formula is C28H44O7. The third-order valence-corrected chi connectivity index (χ3v) is 4.52. The minimum atomic E-state index is 0.526. The Kier molecular flexibility index (Phi) is 19.7. The summed E-state index contributed by atoms with van der Waals surface area (Å²) in [5.41, 5.74) is 2.43. The van der Waals surface area contributed by atoms with Gasteiger partial charge in [0.05, 0.1) is 66.1 Å². The van der Waals surface area contributed by atoms with Crippen LogP contribution in [-0.4, -0.2) is 79.3 Å². The van der Waals surface area contributed by atoms with E-state index in [1.165, 1.54) is 11.1 Å². The van der Waals surface area contributed by atoms with E-state index in [4.69, 9.17) is 33.2 Å². The van der Waals surface area contributed by atoms with Crippen molar-refractivity contribution in [3.63, 3.8) is 0 Å². The zero-order valence-electron chi connectivity index (χ0n) is 22.0. The molecule has 2 aromatic carbocycles. The van der Waals surface area contributed by atoms with E-state index >= 15 is 0 Å². The van der Waals surface area contributed by atoms with Gasteiger partial charge in [0.2, 0.25) is 0 Å². The SMILES string of the molecule is CC.Cc1ccc(OCCOCCOCCOCCOCCOCCOc2ccc(C)cc2)cc1. The van der Waals surface area contributed by atoms with E-state index in [1.54, 1.807) is 0 Å². The van der Waals surface area contributed by atoms with Gasteiger partial charge in [-0.2, -0.15) is 0 Å². The molecule has 7 heteroatoms. The van der Waals surface area contributed by atoms with Gasteiger partial charge >= 0.3 is 0 Å². The maximum absolute atomic E-state index is 5.59. The van der Waals surface area contributed by atoms with Crippen molar-refractivity contribution in [2.75, 3.05) is 79.3 Å². The maximum atomic E-state index is 5.59. The summed E-state index contributed by atoms with van der Waals surface area (Å²) in [7, 11) is 0. The van der Waals surface area contributed by atoms with E-state index in [1.807, 2.05) is 62.4 Å². The van der Waals surface area contributed by atoms with Crippen molar-refractivity contribution < 1.29 is 33.2 Å². The number of aryl methyl sites for hydroxylation is 2. The van der Waals surface area contributed by atoms with Gasteiger partial charge in [0, 0.05) is 0 Å². The predicted molar refractivity (Wildman–Crippen MR) is 139 cm³/mol. The molecule has 0 unspecified atom stereocenters. The molecule has 2 rings (SSSR count). The first-order valence-electron chi connectivity index (χ1n) is 12.5. The summed E-state index contributed by atoms with van der Waals surface area (Å²) in [6.07, 6.45) is 0. The van der Waals surface area contributed by atoms with Gasteiger partial charge in [-0.1, -0.05) is 49.2 Å². The number of hydrogen-bond donors (Lipinski definition) is 0. The second-order valence-electron chi connectivity index (χ2n) is 7.38. The van der Waals surface area contributed by atoms with E-state index in [-0.39, 0.29) is 0 Å². The topological polar surface area (TPSA) is 64.6 Å². The second kappa shape index (κ2) is 22.3. The third kappa shape index (κ3) is 17.9. The lowest BCUT2D eigenvalue weighted by Crippen LogP contribution is -2.15. The normalized spacial score (nSPS) is 10.5. The van der Waals surface area contributed by atoms with Crippen LogP contribution >= 0.6 is 0 Å². The summed E-state index contributed by atoms with van der Waals surface area (Å²) in [5.74, 6) is 1.72. The largest absolute Gasteiger partial charge is 0.491 e. The zero-order valence-corrected chi connectivity index (χ0v) is 22.0. The van der Waals surface area contributed by atoms with Crippen LogP contribution in [0.15, 0.2) is 48.5 Å². The monoisotopic (exact) mass is 492 g/mol. The van der Waals surface area contributed by atoms with Gasteiger partial charge in [-0.05, 0) is 38.1 Å². The minimum Gasteiger partial charge on any atom is -0.491 e. The summed E-state index contributed by atoms with van der Waals surface area (Å²) in [5, 5.41) is 0. The first kappa shape index (κ1) is 30.9. The minimum absolute atomic E-state index is 0.526. The number of benzene rings is 2. The molecule has 0 atom stereocenters. The van der Waals surface area contributed by atoms with Crippen LogP contribution in [0.4, 0.5) is 0 Å². The Balaban J connectivity index is 0.00000298. The Labute approximate surface area is 211 Å². The number of ether oxygens (including phenoxy) is 7. The molecule has 0 heterocycles. The molecule has 0 aliphatic heterocycles. The summed E-state index contributed by atoms with van der Waals surface area (Å²) in [6.45, 7) is 14.5. The number of rotatable bonds is 20. The molecule has 0 N–H and O–H groups in total. The van der Waals surface area contributed by atoms with E-state index in [0.717, 1.165) is 11.5 Å². The van der Waals surface area contributed by atoms with Crippen molar-refractivity contribution in [2.24, 2.45) is 0 Å². The lowest BCUT2D eigenvalue weighted by atomic mass is 10.2. The average molecular weight is 493 g/mol. The van der Waals surface area contributed by atoms with Crippen LogP contribution in [0.25, 0.3) is 0 Å². The Morgan fingerprint density at radius 1 is 0.371 bits per heavy atom. The van der Waals surface area contributed by atoms with Crippen molar-refractivity contribution >= 4 is 0 Å². The molecule has 0 radical (unpaired) electrons. The van der Waals surface area contributed by atoms with Crippen LogP contribution in [0, 0.1) is 13.8 Å². The van der Waals surface area contributed by atoms with Crippen LogP contribution in [0.2, 0.25) is 0 Å². The van der Waals surface area contributed by atoms with Crippen molar-refractivity contribution in [3.05, 3.63) is 59.7 Å². The van der Waals surface area contributed by atoms with Crippen LogP contribution in [0.3, 0.4) is 0 Å². The molecule has 35 heavy (non-hydrogen) atoms. The Hall–Kier alpha value is -2.16. The predicted octanol–water partition coefficient (Wildman–Crippen LogP) is 4.87. The third-order valence-electron chi connectivity index (χ3n) is 4.52. The van der Waals surface area contributed by atoms with E-state index in [0.29, 0.717) is 79.3 Å². The van der Waals surface area contributed by atoms with E-state index < -0.39 is 0 Å². The second-order valence-corrected chi connectivity index (χ2v) is 7.38. The lowest BCUT2D eigenvalue weighted by molar-refractivity contribution is -0.0141. The quantitative estimate of drug-likeness (QED) is 0.244. The van der Waals surface area contributed by atoms with Gasteiger partial charge in [0.1, 0.15) is 24.7 Å². The molecule has 0 saturated carbocycles. The van der Waals surface area contributed by atoms with Gasteiger partial charge in [-0.25, -0.2) is 0 Å². The van der Waals surface area contributed by atoms with Crippen molar-refractivity contribution in [1.82, 2.24) is 0 Å². The Morgan fingerprint density at radius 3 is 0.857 bits per heavy atom. The first-order chi connectivity index (χ1) is 17.2. The molecule has 0 bridgehead atoms.